The van der Waals surface area contributed by atoms with E-state index in [2.05, 4.69) is 22.4 Å². The quantitative estimate of drug-likeness (QED) is 0.906. The van der Waals surface area contributed by atoms with Gasteiger partial charge in [0.2, 0.25) is 0 Å². The molecule has 1 N–H and O–H groups in total. The molecule has 1 aromatic heterocycles. The van der Waals surface area contributed by atoms with E-state index < -0.39 is 0 Å². The fourth-order valence-electron chi connectivity index (χ4n) is 2.48. The van der Waals surface area contributed by atoms with Crippen LogP contribution in [0.5, 0.6) is 5.75 Å². The summed E-state index contributed by atoms with van der Waals surface area (Å²) in [5.74, 6) is 1.66. The average Bonchev–Trinajstić information content (AvgIpc) is 2.47. The number of benzene rings is 1. The van der Waals surface area contributed by atoms with Gasteiger partial charge in [0.1, 0.15) is 11.6 Å². The summed E-state index contributed by atoms with van der Waals surface area (Å²) in [7, 11) is 0. The van der Waals surface area contributed by atoms with Crippen LogP contribution in [0.4, 0.5) is 5.82 Å². The predicted molar refractivity (Wildman–Crippen MR) is 76.6 cm³/mol. The number of fused-ring (bicyclic) bond motifs is 1. The fourth-order valence-corrected chi connectivity index (χ4v) is 2.48. The van der Waals surface area contributed by atoms with E-state index in [4.69, 9.17) is 10.00 Å². The molecular formula is C16H15N3O. The Kier molecular flexibility index (Phi) is 3.26. The highest BCUT2D eigenvalue weighted by Gasteiger charge is 2.21. The minimum atomic E-state index is 0.167. The van der Waals surface area contributed by atoms with Gasteiger partial charge in [-0.05, 0) is 25.1 Å². The third-order valence-corrected chi connectivity index (χ3v) is 3.36. The number of hydrogen-bond donors (Lipinski definition) is 1. The number of rotatable bonds is 2. The normalized spacial score (nSPS) is 16.7. The van der Waals surface area contributed by atoms with Crippen molar-refractivity contribution in [3.05, 3.63) is 53.2 Å². The van der Waals surface area contributed by atoms with Gasteiger partial charge in [0.05, 0.1) is 24.3 Å². The molecule has 4 heteroatoms. The number of nitrogens with zero attached hydrogens (tertiary/aromatic N) is 2. The smallest absolute Gasteiger partial charge is 0.128 e. The Morgan fingerprint density at radius 2 is 2.20 bits per heavy atom. The third-order valence-electron chi connectivity index (χ3n) is 3.36. The highest BCUT2D eigenvalue weighted by atomic mass is 16.5. The van der Waals surface area contributed by atoms with E-state index >= 15 is 0 Å². The van der Waals surface area contributed by atoms with Gasteiger partial charge in [0.25, 0.3) is 0 Å². The summed E-state index contributed by atoms with van der Waals surface area (Å²) < 4.78 is 5.65. The molecule has 1 aromatic carbocycles. The minimum absolute atomic E-state index is 0.167. The Morgan fingerprint density at radius 3 is 3.05 bits per heavy atom. The first kappa shape index (κ1) is 12.5. The van der Waals surface area contributed by atoms with Gasteiger partial charge >= 0.3 is 0 Å². The Labute approximate surface area is 118 Å². The standard InChI is InChI=1S/C16H15N3O/c1-11-8-12(10-17)9-16(18-11)19-14-6-7-20-15-5-3-2-4-13(14)15/h2-5,8-9,14H,6-7H2,1H3,(H,18,19). The van der Waals surface area contributed by atoms with Crippen molar-refractivity contribution in [1.29, 1.82) is 5.26 Å². The molecule has 100 valence electrons. The van der Waals surface area contributed by atoms with E-state index in [9.17, 15) is 0 Å². The molecule has 1 aliphatic rings. The maximum Gasteiger partial charge on any atom is 0.128 e. The molecule has 0 spiro atoms. The lowest BCUT2D eigenvalue weighted by Gasteiger charge is -2.27. The molecule has 1 unspecified atom stereocenters. The molecule has 0 bridgehead atoms. The molecule has 0 saturated carbocycles. The molecule has 0 aliphatic carbocycles. The lowest BCUT2D eigenvalue weighted by atomic mass is 10.0. The van der Waals surface area contributed by atoms with E-state index in [0.29, 0.717) is 12.2 Å². The van der Waals surface area contributed by atoms with Crippen LogP contribution in [0, 0.1) is 18.3 Å². The number of anilines is 1. The summed E-state index contributed by atoms with van der Waals surface area (Å²) in [6.07, 6.45) is 0.883. The van der Waals surface area contributed by atoms with Crippen molar-refractivity contribution in [1.82, 2.24) is 4.98 Å². The van der Waals surface area contributed by atoms with E-state index in [1.807, 2.05) is 25.1 Å². The maximum absolute atomic E-state index is 9.02. The third kappa shape index (κ3) is 2.43. The number of nitriles is 1. The monoisotopic (exact) mass is 265 g/mol. The van der Waals surface area contributed by atoms with E-state index in [1.54, 1.807) is 12.1 Å². The topological polar surface area (TPSA) is 57.9 Å². The van der Waals surface area contributed by atoms with Gasteiger partial charge in [0, 0.05) is 17.7 Å². The summed E-state index contributed by atoms with van der Waals surface area (Å²) in [5, 5.41) is 12.4. The van der Waals surface area contributed by atoms with Crippen molar-refractivity contribution in [3.63, 3.8) is 0 Å². The highest BCUT2D eigenvalue weighted by Crippen LogP contribution is 2.33. The number of para-hydroxylation sites is 1. The van der Waals surface area contributed by atoms with Crippen LogP contribution >= 0.6 is 0 Å². The number of pyridine rings is 1. The zero-order valence-corrected chi connectivity index (χ0v) is 11.3. The Hall–Kier alpha value is -2.54. The predicted octanol–water partition coefficient (Wildman–Crippen LogP) is 3.20. The zero-order valence-electron chi connectivity index (χ0n) is 11.3. The fraction of sp³-hybridized carbons (Fsp3) is 0.250. The van der Waals surface area contributed by atoms with Crippen molar-refractivity contribution in [2.45, 2.75) is 19.4 Å². The molecular weight excluding hydrogens is 250 g/mol. The second-order valence-electron chi connectivity index (χ2n) is 4.87. The number of aryl methyl sites for hydroxylation is 1. The van der Waals surface area contributed by atoms with Gasteiger partial charge in [-0.3, -0.25) is 0 Å². The van der Waals surface area contributed by atoms with Gasteiger partial charge in [-0.2, -0.15) is 5.26 Å². The Bertz CT molecular complexity index is 676. The Balaban J connectivity index is 1.89. The SMILES string of the molecule is Cc1cc(C#N)cc(NC2CCOc3ccccc32)n1. The largest absolute Gasteiger partial charge is 0.493 e. The van der Waals surface area contributed by atoms with E-state index in [1.165, 1.54) is 0 Å². The summed E-state index contributed by atoms with van der Waals surface area (Å²) in [6, 6.07) is 13.9. The second-order valence-corrected chi connectivity index (χ2v) is 4.87. The Morgan fingerprint density at radius 1 is 1.35 bits per heavy atom. The lowest BCUT2D eigenvalue weighted by Crippen LogP contribution is -2.20. The molecule has 0 saturated heterocycles. The molecule has 20 heavy (non-hydrogen) atoms. The van der Waals surface area contributed by atoms with Crippen LogP contribution in [0.15, 0.2) is 36.4 Å². The maximum atomic E-state index is 9.02. The molecule has 0 fully saturated rings. The van der Waals surface area contributed by atoms with Crippen LogP contribution < -0.4 is 10.1 Å². The molecule has 4 nitrogen and oxygen atoms in total. The van der Waals surface area contributed by atoms with Crippen molar-refractivity contribution in [2.24, 2.45) is 0 Å². The number of hydrogen-bond acceptors (Lipinski definition) is 4. The number of ether oxygens (including phenoxy) is 1. The number of aromatic nitrogens is 1. The van der Waals surface area contributed by atoms with Crippen LogP contribution in [0.2, 0.25) is 0 Å². The molecule has 2 aromatic rings. The summed E-state index contributed by atoms with van der Waals surface area (Å²) in [4.78, 5) is 4.45. The molecule has 3 rings (SSSR count). The minimum Gasteiger partial charge on any atom is -0.493 e. The van der Waals surface area contributed by atoms with Crippen molar-refractivity contribution in [2.75, 3.05) is 11.9 Å². The van der Waals surface area contributed by atoms with Gasteiger partial charge in [0.15, 0.2) is 0 Å². The van der Waals surface area contributed by atoms with Gasteiger partial charge in [-0.1, -0.05) is 18.2 Å². The summed E-state index contributed by atoms with van der Waals surface area (Å²) >= 11 is 0. The van der Waals surface area contributed by atoms with Crippen LogP contribution in [0.25, 0.3) is 0 Å². The molecule has 0 radical (unpaired) electrons. The first-order valence-electron chi connectivity index (χ1n) is 6.63. The molecule has 0 amide bonds. The first-order valence-corrected chi connectivity index (χ1v) is 6.63. The number of nitrogens with one attached hydrogen (secondary N) is 1. The van der Waals surface area contributed by atoms with Gasteiger partial charge < -0.3 is 10.1 Å². The van der Waals surface area contributed by atoms with E-state index in [-0.39, 0.29) is 6.04 Å². The lowest BCUT2D eigenvalue weighted by molar-refractivity contribution is 0.274. The van der Waals surface area contributed by atoms with Gasteiger partial charge in [-0.25, -0.2) is 4.98 Å². The van der Waals surface area contributed by atoms with Crippen molar-refractivity contribution in [3.8, 4) is 11.8 Å². The first-order chi connectivity index (χ1) is 9.76. The van der Waals surface area contributed by atoms with E-state index in [0.717, 1.165) is 29.2 Å². The summed E-state index contributed by atoms with van der Waals surface area (Å²) in [6.45, 7) is 2.58. The van der Waals surface area contributed by atoms with Crippen LogP contribution in [0.1, 0.15) is 29.3 Å². The summed E-state index contributed by atoms with van der Waals surface area (Å²) in [5.41, 5.74) is 2.60. The highest BCUT2D eigenvalue weighted by molar-refractivity contribution is 5.48. The van der Waals surface area contributed by atoms with Crippen LogP contribution in [-0.2, 0) is 0 Å². The van der Waals surface area contributed by atoms with Crippen molar-refractivity contribution >= 4 is 5.82 Å². The molecule has 1 aliphatic heterocycles. The van der Waals surface area contributed by atoms with Crippen LogP contribution in [0.3, 0.4) is 0 Å². The second kappa shape index (κ2) is 5.22. The van der Waals surface area contributed by atoms with Crippen molar-refractivity contribution < 1.29 is 4.74 Å². The molecule has 1 atom stereocenters. The molecule has 2 heterocycles. The average molecular weight is 265 g/mol. The zero-order chi connectivity index (χ0) is 13.9. The van der Waals surface area contributed by atoms with Crippen LogP contribution in [-0.4, -0.2) is 11.6 Å². The van der Waals surface area contributed by atoms with Gasteiger partial charge in [-0.15, -0.1) is 0 Å².